The second kappa shape index (κ2) is 7.20. The molecule has 120 valence electrons. The third-order valence-electron chi connectivity index (χ3n) is 5.10. The normalized spacial score (nSPS) is 28.0. The number of hydrogen-bond acceptors (Lipinski definition) is 1. The van der Waals surface area contributed by atoms with Gasteiger partial charge in [-0.25, -0.2) is 0 Å². The molecule has 0 aromatic heterocycles. The summed E-state index contributed by atoms with van der Waals surface area (Å²) in [4.78, 5) is 13.8. The van der Waals surface area contributed by atoms with E-state index in [1.54, 1.807) is 18.2 Å². The number of amides is 1. The molecule has 0 bridgehead atoms. The predicted octanol–water partition coefficient (Wildman–Crippen LogP) is 3.17. The van der Waals surface area contributed by atoms with Crippen molar-refractivity contribution >= 4 is 34.8 Å². The van der Waals surface area contributed by atoms with Crippen LogP contribution in [0.15, 0.2) is 18.2 Å². The Morgan fingerprint density at radius 1 is 1.18 bits per heavy atom. The summed E-state index contributed by atoms with van der Waals surface area (Å²) in [6.45, 7) is 1.64. The minimum Gasteiger partial charge on any atom is -0.324 e. The lowest BCUT2D eigenvalue weighted by Crippen LogP contribution is -3.18. The van der Waals surface area contributed by atoms with Crippen LogP contribution in [0.4, 0.5) is 5.69 Å². The van der Waals surface area contributed by atoms with Gasteiger partial charge in [0.25, 0.3) is 5.91 Å². The van der Waals surface area contributed by atoms with E-state index in [0.717, 1.165) is 12.5 Å². The van der Waals surface area contributed by atoms with Crippen LogP contribution in [0.3, 0.4) is 0 Å². The number of piperidine rings is 1. The average molecular weight is 342 g/mol. The number of halogens is 2. The van der Waals surface area contributed by atoms with Crippen molar-refractivity contribution in [1.29, 1.82) is 0 Å². The van der Waals surface area contributed by atoms with Crippen LogP contribution in [0, 0.1) is 5.92 Å². The van der Waals surface area contributed by atoms with Gasteiger partial charge in [0.05, 0.1) is 23.3 Å². The van der Waals surface area contributed by atoms with Gasteiger partial charge >= 0.3 is 0 Å². The molecule has 22 heavy (non-hydrogen) atoms. The summed E-state index contributed by atoms with van der Waals surface area (Å²) in [5.41, 5.74) is 0.607. The largest absolute Gasteiger partial charge is 0.324 e. The van der Waals surface area contributed by atoms with E-state index in [-0.39, 0.29) is 5.91 Å². The number of carbonyl (C=O) groups is 1. The second-order valence-corrected chi connectivity index (χ2v) is 7.39. The lowest BCUT2D eigenvalue weighted by atomic mass is 9.78. The molecular weight excluding hydrogens is 319 g/mol. The van der Waals surface area contributed by atoms with Crippen molar-refractivity contribution in [3.8, 4) is 0 Å². The zero-order valence-electron chi connectivity index (χ0n) is 12.7. The molecule has 1 aromatic rings. The van der Waals surface area contributed by atoms with Gasteiger partial charge in [0.1, 0.15) is 0 Å². The number of fused-ring (bicyclic) bond motifs is 1. The molecule has 1 aromatic carbocycles. The first-order chi connectivity index (χ1) is 10.6. The molecule has 1 aliphatic heterocycles. The number of carbonyl (C=O) groups excluding carboxylic acids is 1. The van der Waals surface area contributed by atoms with Crippen molar-refractivity contribution in [2.24, 2.45) is 5.92 Å². The predicted molar refractivity (Wildman–Crippen MR) is 90.8 cm³/mol. The minimum atomic E-state index is 0.0328. The summed E-state index contributed by atoms with van der Waals surface area (Å²) < 4.78 is 0. The van der Waals surface area contributed by atoms with E-state index >= 15 is 0 Å². The van der Waals surface area contributed by atoms with E-state index in [0.29, 0.717) is 28.3 Å². The molecule has 1 saturated heterocycles. The van der Waals surface area contributed by atoms with E-state index in [2.05, 4.69) is 5.32 Å². The lowest BCUT2D eigenvalue weighted by Gasteiger charge is -2.40. The Balaban J connectivity index is 1.62. The number of likely N-dealkylation sites (tertiary alicyclic amines) is 1. The van der Waals surface area contributed by atoms with Crippen LogP contribution in [0.5, 0.6) is 0 Å². The number of nitrogens with one attached hydrogen (secondary N) is 2. The maximum absolute atomic E-state index is 12.4. The maximum atomic E-state index is 12.4. The van der Waals surface area contributed by atoms with Crippen LogP contribution in [0.1, 0.15) is 38.5 Å². The molecular formula is C17H23Cl2N2O+. The van der Waals surface area contributed by atoms with Crippen molar-refractivity contribution in [2.45, 2.75) is 44.6 Å². The molecule has 3 rings (SSSR count). The number of anilines is 1. The highest BCUT2D eigenvalue weighted by atomic mass is 35.5. The summed E-state index contributed by atoms with van der Waals surface area (Å²) in [7, 11) is 0. The lowest BCUT2D eigenvalue weighted by molar-refractivity contribution is -0.928. The molecule has 1 amide bonds. The van der Waals surface area contributed by atoms with Crippen LogP contribution in [0.25, 0.3) is 0 Å². The quantitative estimate of drug-likeness (QED) is 0.869. The van der Waals surface area contributed by atoms with Crippen molar-refractivity contribution in [1.82, 2.24) is 0 Å². The van der Waals surface area contributed by atoms with Crippen LogP contribution in [-0.4, -0.2) is 25.0 Å². The molecule has 1 heterocycles. The van der Waals surface area contributed by atoms with Gasteiger partial charge in [-0.2, -0.15) is 0 Å². The molecule has 0 spiro atoms. The third-order valence-corrected chi connectivity index (χ3v) is 5.66. The fraction of sp³-hybridized carbons (Fsp3) is 0.588. The molecule has 3 nitrogen and oxygen atoms in total. The smallest absolute Gasteiger partial charge is 0.279 e. The Morgan fingerprint density at radius 2 is 1.95 bits per heavy atom. The van der Waals surface area contributed by atoms with Crippen molar-refractivity contribution < 1.29 is 9.69 Å². The number of benzene rings is 1. The van der Waals surface area contributed by atoms with Crippen LogP contribution >= 0.6 is 23.2 Å². The van der Waals surface area contributed by atoms with Gasteiger partial charge in [-0.1, -0.05) is 29.6 Å². The molecule has 3 atom stereocenters. The number of quaternary nitrogens is 1. The fourth-order valence-corrected chi connectivity index (χ4v) is 4.42. The van der Waals surface area contributed by atoms with Crippen LogP contribution in [-0.2, 0) is 4.79 Å². The average Bonchev–Trinajstić information content (AvgIpc) is 2.51. The van der Waals surface area contributed by atoms with E-state index in [1.165, 1.54) is 43.4 Å². The van der Waals surface area contributed by atoms with Crippen molar-refractivity contribution in [3.05, 3.63) is 28.2 Å². The van der Waals surface area contributed by atoms with E-state index in [1.807, 2.05) is 0 Å². The van der Waals surface area contributed by atoms with Gasteiger partial charge in [-0.3, -0.25) is 4.79 Å². The molecule has 2 aliphatic rings. The summed E-state index contributed by atoms with van der Waals surface area (Å²) in [6.07, 6.45) is 7.86. The Labute approximate surface area is 142 Å². The van der Waals surface area contributed by atoms with E-state index < -0.39 is 0 Å². The summed E-state index contributed by atoms with van der Waals surface area (Å²) in [5.74, 6) is 0.852. The first kappa shape index (κ1) is 16.1. The van der Waals surface area contributed by atoms with Gasteiger partial charge < -0.3 is 10.2 Å². The molecule has 1 saturated carbocycles. The standard InChI is InChI=1S/C17H22Cl2N2O/c18-13-7-8-14(19)15(10-13)20-17(22)11-21-9-3-5-12-4-1-2-6-16(12)21/h7-8,10,12,16H,1-6,9,11H2,(H,20,22)/p+1/t12-,16+/m1/s1. The van der Waals surface area contributed by atoms with E-state index in [4.69, 9.17) is 23.2 Å². The first-order valence-corrected chi connectivity index (χ1v) is 8.98. The maximum Gasteiger partial charge on any atom is 0.279 e. The topological polar surface area (TPSA) is 33.5 Å². The summed E-state index contributed by atoms with van der Waals surface area (Å²) in [6, 6.07) is 5.81. The Hall–Kier alpha value is -0.770. The van der Waals surface area contributed by atoms with Crippen LogP contribution in [0.2, 0.25) is 10.0 Å². The molecule has 2 fully saturated rings. The van der Waals surface area contributed by atoms with Crippen molar-refractivity contribution in [2.75, 3.05) is 18.4 Å². The molecule has 0 radical (unpaired) electrons. The zero-order valence-corrected chi connectivity index (χ0v) is 14.2. The first-order valence-electron chi connectivity index (χ1n) is 8.23. The Morgan fingerprint density at radius 3 is 2.82 bits per heavy atom. The third kappa shape index (κ3) is 3.76. The fourth-order valence-electron chi connectivity index (χ4n) is 4.08. The van der Waals surface area contributed by atoms with Gasteiger partial charge in [-0.15, -0.1) is 0 Å². The van der Waals surface area contributed by atoms with Gasteiger partial charge in [0.2, 0.25) is 0 Å². The highest BCUT2D eigenvalue weighted by Crippen LogP contribution is 2.28. The van der Waals surface area contributed by atoms with Crippen molar-refractivity contribution in [3.63, 3.8) is 0 Å². The van der Waals surface area contributed by atoms with Gasteiger partial charge in [0, 0.05) is 10.9 Å². The highest BCUT2D eigenvalue weighted by molar-refractivity contribution is 6.35. The van der Waals surface area contributed by atoms with E-state index in [9.17, 15) is 4.79 Å². The monoisotopic (exact) mass is 341 g/mol. The Bertz CT molecular complexity index is 547. The van der Waals surface area contributed by atoms with Crippen LogP contribution < -0.4 is 10.2 Å². The summed E-state index contributed by atoms with van der Waals surface area (Å²) >= 11 is 12.1. The molecule has 2 N–H and O–H groups in total. The SMILES string of the molecule is O=C(C[NH+]1CCC[C@H]2CCCC[C@@H]21)Nc1cc(Cl)ccc1Cl. The second-order valence-electron chi connectivity index (χ2n) is 6.55. The number of hydrogen-bond donors (Lipinski definition) is 2. The van der Waals surface area contributed by atoms with Gasteiger partial charge in [-0.05, 0) is 50.3 Å². The number of rotatable bonds is 3. The summed E-state index contributed by atoms with van der Waals surface area (Å²) in [5, 5.41) is 4.03. The molecule has 5 heteroatoms. The minimum absolute atomic E-state index is 0.0328. The van der Waals surface area contributed by atoms with Gasteiger partial charge in [0.15, 0.2) is 6.54 Å². The highest BCUT2D eigenvalue weighted by Gasteiger charge is 2.37. The Kier molecular flexibility index (Phi) is 5.27. The molecule has 1 aliphatic carbocycles. The zero-order chi connectivity index (χ0) is 15.5. The molecule has 1 unspecified atom stereocenters.